The van der Waals surface area contributed by atoms with Gasteiger partial charge < -0.3 is 25.0 Å². The number of hydrogen-bond donors (Lipinski definition) is 2. The summed E-state index contributed by atoms with van der Waals surface area (Å²) in [6.45, 7) is 8.84. The Kier molecular flexibility index (Phi) is 7.23. The first kappa shape index (κ1) is 24.1. The predicted octanol–water partition coefficient (Wildman–Crippen LogP) is 2.68. The second-order valence-electron chi connectivity index (χ2n) is 9.30. The Bertz CT molecular complexity index is 1130. The van der Waals surface area contributed by atoms with Crippen molar-refractivity contribution in [2.75, 3.05) is 42.9 Å². The molecule has 0 saturated carbocycles. The van der Waals surface area contributed by atoms with E-state index in [1.54, 1.807) is 35.5 Å². The van der Waals surface area contributed by atoms with Crippen LogP contribution in [0.2, 0.25) is 0 Å². The molecule has 2 aromatic heterocycles. The van der Waals surface area contributed by atoms with E-state index < -0.39 is 0 Å². The van der Waals surface area contributed by atoms with Crippen LogP contribution in [0.15, 0.2) is 47.2 Å². The lowest BCUT2D eigenvalue weighted by Crippen LogP contribution is -2.49. The molecule has 0 spiro atoms. The molecule has 0 unspecified atom stereocenters. The average molecular weight is 479 g/mol. The van der Waals surface area contributed by atoms with E-state index in [1.165, 1.54) is 0 Å². The minimum Gasteiger partial charge on any atom is -0.339 e. The molecule has 3 aromatic rings. The molecule has 2 N–H and O–H groups in total. The zero-order chi connectivity index (χ0) is 24.8. The first-order chi connectivity index (χ1) is 16.8. The average Bonchev–Trinajstić information content (AvgIpc) is 3.36. The topological polar surface area (TPSA) is 129 Å². The van der Waals surface area contributed by atoms with Crippen LogP contribution in [0.1, 0.15) is 33.1 Å². The van der Waals surface area contributed by atoms with Gasteiger partial charge in [0.15, 0.2) is 0 Å². The number of carbonyl (C=O) groups is 2. The standard InChI is InChI=1S/C24H30N8O3/c1-24(2,3)21-29-20(30-35-21)17-5-7-18(8-6-17)28-23(34)27-12-9-19(33)31-13-15-32(16-14-31)22-25-10-4-11-26-22/h4-8,10-11H,9,12-16H2,1-3H3,(H2,27,28,34). The molecule has 0 aliphatic carbocycles. The van der Waals surface area contributed by atoms with Crippen LogP contribution in [0.25, 0.3) is 11.4 Å². The molecular weight excluding hydrogens is 448 g/mol. The highest BCUT2D eigenvalue weighted by Crippen LogP contribution is 2.24. The molecule has 11 heteroatoms. The number of amides is 3. The van der Waals surface area contributed by atoms with Gasteiger partial charge in [0, 0.05) is 68.2 Å². The van der Waals surface area contributed by atoms with Crippen molar-refractivity contribution in [3.8, 4) is 11.4 Å². The van der Waals surface area contributed by atoms with E-state index in [9.17, 15) is 9.59 Å². The third-order valence-corrected chi connectivity index (χ3v) is 5.56. The zero-order valence-corrected chi connectivity index (χ0v) is 20.2. The van der Waals surface area contributed by atoms with E-state index in [2.05, 4.69) is 35.6 Å². The van der Waals surface area contributed by atoms with Crippen LogP contribution in [-0.4, -0.2) is 69.7 Å². The maximum absolute atomic E-state index is 12.5. The summed E-state index contributed by atoms with van der Waals surface area (Å²) in [5, 5.41) is 9.53. The predicted molar refractivity (Wildman–Crippen MR) is 131 cm³/mol. The summed E-state index contributed by atoms with van der Waals surface area (Å²) < 4.78 is 5.33. The molecule has 1 aliphatic rings. The molecule has 184 valence electrons. The second-order valence-corrected chi connectivity index (χ2v) is 9.30. The summed E-state index contributed by atoms with van der Waals surface area (Å²) in [7, 11) is 0. The Balaban J connectivity index is 1.18. The molecule has 1 fully saturated rings. The second kappa shape index (κ2) is 10.5. The van der Waals surface area contributed by atoms with Crippen LogP contribution in [0.3, 0.4) is 0 Å². The minimum atomic E-state index is -0.369. The highest BCUT2D eigenvalue weighted by Gasteiger charge is 2.23. The van der Waals surface area contributed by atoms with Crippen LogP contribution in [0.4, 0.5) is 16.4 Å². The highest BCUT2D eigenvalue weighted by atomic mass is 16.5. The van der Waals surface area contributed by atoms with Crippen molar-refractivity contribution in [3.63, 3.8) is 0 Å². The van der Waals surface area contributed by atoms with Crippen molar-refractivity contribution in [2.24, 2.45) is 0 Å². The van der Waals surface area contributed by atoms with Crippen LogP contribution in [0, 0.1) is 0 Å². The maximum atomic E-state index is 12.5. The van der Waals surface area contributed by atoms with Gasteiger partial charge in [0.1, 0.15) is 0 Å². The number of hydrogen-bond acceptors (Lipinski definition) is 8. The minimum absolute atomic E-state index is 0.0121. The summed E-state index contributed by atoms with van der Waals surface area (Å²) in [6.07, 6.45) is 3.66. The fourth-order valence-electron chi connectivity index (χ4n) is 3.57. The molecule has 1 saturated heterocycles. The van der Waals surface area contributed by atoms with Crippen LogP contribution in [0.5, 0.6) is 0 Å². The molecule has 1 aliphatic heterocycles. The number of nitrogens with zero attached hydrogens (tertiary/aromatic N) is 6. The van der Waals surface area contributed by atoms with Gasteiger partial charge in [0.2, 0.25) is 23.6 Å². The smallest absolute Gasteiger partial charge is 0.319 e. The zero-order valence-electron chi connectivity index (χ0n) is 20.2. The van der Waals surface area contributed by atoms with Crippen LogP contribution >= 0.6 is 0 Å². The first-order valence-electron chi connectivity index (χ1n) is 11.6. The van der Waals surface area contributed by atoms with Gasteiger partial charge in [-0.2, -0.15) is 4.98 Å². The molecule has 35 heavy (non-hydrogen) atoms. The Morgan fingerprint density at radius 3 is 2.34 bits per heavy atom. The van der Waals surface area contributed by atoms with Crippen molar-refractivity contribution in [1.29, 1.82) is 0 Å². The fourth-order valence-corrected chi connectivity index (χ4v) is 3.57. The Morgan fingerprint density at radius 2 is 1.71 bits per heavy atom. The van der Waals surface area contributed by atoms with Gasteiger partial charge in [0.05, 0.1) is 0 Å². The lowest BCUT2D eigenvalue weighted by atomic mass is 9.97. The molecule has 3 amide bonds. The van der Waals surface area contributed by atoms with Crippen LogP contribution < -0.4 is 15.5 Å². The van der Waals surface area contributed by atoms with Crippen molar-refractivity contribution in [1.82, 2.24) is 30.3 Å². The normalized spacial score (nSPS) is 14.0. The molecule has 0 bridgehead atoms. The monoisotopic (exact) mass is 478 g/mol. The molecule has 1 aromatic carbocycles. The van der Waals surface area contributed by atoms with Crippen molar-refractivity contribution in [3.05, 3.63) is 48.6 Å². The van der Waals surface area contributed by atoms with Gasteiger partial charge in [-0.3, -0.25) is 4.79 Å². The first-order valence-corrected chi connectivity index (χ1v) is 11.6. The van der Waals surface area contributed by atoms with E-state index in [1.807, 2.05) is 32.9 Å². The maximum Gasteiger partial charge on any atom is 0.319 e. The van der Waals surface area contributed by atoms with E-state index in [0.29, 0.717) is 49.5 Å². The van der Waals surface area contributed by atoms with Gasteiger partial charge in [-0.15, -0.1) is 0 Å². The van der Waals surface area contributed by atoms with Gasteiger partial charge in [0.25, 0.3) is 0 Å². The largest absolute Gasteiger partial charge is 0.339 e. The third-order valence-electron chi connectivity index (χ3n) is 5.56. The summed E-state index contributed by atoms with van der Waals surface area (Å²) in [5.74, 6) is 1.76. The molecule has 0 atom stereocenters. The number of carbonyl (C=O) groups excluding carboxylic acids is 2. The van der Waals surface area contributed by atoms with E-state index in [-0.39, 0.29) is 30.3 Å². The van der Waals surface area contributed by atoms with E-state index in [0.717, 1.165) is 5.56 Å². The van der Waals surface area contributed by atoms with Crippen molar-refractivity contribution >= 4 is 23.6 Å². The van der Waals surface area contributed by atoms with Crippen molar-refractivity contribution < 1.29 is 14.1 Å². The molecule has 3 heterocycles. The quantitative estimate of drug-likeness (QED) is 0.553. The van der Waals surface area contributed by atoms with Crippen molar-refractivity contribution in [2.45, 2.75) is 32.6 Å². The van der Waals surface area contributed by atoms with Gasteiger partial charge in [-0.25, -0.2) is 14.8 Å². The van der Waals surface area contributed by atoms with Gasteiger partial charge in [-0.1, -0.05) is 25.9 Å². The van der Waals surface area contributed by atoms with E-state index >= 15 is 0 Å². The third kappa shape index (κ3) is 6.31. The summed E-state index contributed by atoms with van der Waals surface area (Å²) >= 11 is 0. The molecule has 4 rings (SSSR count). The number of nitrogens with one attached hydrogen (secondary N) is 2. The summed E-state index contributed by atoms with van der Waals surface area (Å²) in [4.78, 5) is 41.5. The number of anilines is 2. The molecule has 0 radical (unpaired) electrons. The van der Waals surface area contributed by atoms with E-state index in [4.69, 9.17) is 4.52 Å². The summed E-state index contributed by atoms with van der Waals surface area (Å²) in [6, 6.07) is 8.57. The number of piperazine rings is 1. The number of aromatic nitrogens is 4. The Morgan fingerprint density at radius 1 is 1.03 bits per heavy atom. The molecular formula is C24H30N8O3. The lowest BCUT2D eigenvalue weighted by molar-refractivity contribution is -0.131. The Hall–Kier alpha value is -4.02. The molecule has 11 nitrogen and oxygen atoms in total. The number of urea groups is 1. The highest BCUT2D eigenvalue weighted by molar-refractivity contribution is 5.89. The van der Waals surface area contributed by atoms with Gasteiger partial charge >= 0.3 is 6.03 Å². The van der Waals surface area contributed by atoms with Crippen LogP contribution in [-0.2, 0) is 10.2 Å². The summed E-state index contributed by atoms with van der Waals surface area (Å²) in [5.41, 5.74) is 1.19. The number of rotatable bonds is 6. The lowest BCUT2D eigenvalue weighted by Gasteiger charge is -2.34. The van der Waals surface area contributed by atoms with Gasteiger partial charge in [-0.05, 0) is 30.3 Å². The fraction of sp³-hybridized carbons (Fsp3) is 0.417. The SMILES string of the molecule is CC(C)(C)c1nc(-c2ccc(NC(=O)NCCC(=O)N3CCN(c4ncccn4)CC3)cc2)no1. The number of benzene rings is 1. The Labute approximate surface area is 203 Å².